The minimum Gasteiger partial charge on any atom is -0.472 e. The summed E-state index contributed by atoms with van der Waals surface area (Å²) in [5, 5.41) is 0. The Morgan fingerprint density at radius 3 is 3.13 bits per heavy atom. The molecule has 84 valence electrons. The van der Waals surface area contributed by atoms with Crippen molar-refractivity contribution in [1.82, 2.24) is 0 Å². The molecule has 0 aliphatic rings. The molecule has 15 heavy (non-hydrogen) atoms. The minimum atomic E-state index is -0.540. The summed E-state index contributed by atoms with van der Waals surface area (Å²) in [4.78, 5) is 11.2. The zero-order valence-electron chi connectivity index (χ0n) is 8.64. The molecule has 0 amide bonds. The number of hydrogen-bond donors (Lipinski definition) is 1. The maximum absolute atomic E-state index is 11.2. The van der Waals surface area contributed by atoms with Crippen molar-refractivity contribution < 1.29 is 13.9 Å². The standard InChI is InChI=1S/C10H15NO3S/c1-2-14-10(12)9(11)7-15-6-8-3-4-13-5-8/h3-5,9H,2,6-7,11H2,1H3. The van der Waals surface area contributed by atoms with Gasteiger partial charge in [0.2, 0.25) is 0 Å². The van der Waals surface area contributed by atoms with E-state index in [1.54, 1.807) is 31.2 Å². The molecule has 0 bridgehead atoms. The van der Waals surface area contributed by atoms with Gasteiger partial charge >= 0.3 is 5.97 Å². The van der Waals surface area contributed by atoms with Gasteiger partial charge in [-0.2, -0.15) is 11.8 Å². The van der Waals surface area contributed by atoms with E-state index < -0.39 is 6.04 Å². The third kappa shape index (κ3) is 4.40. The van der Waals surface area contributed by atoms with E-state index in [2.05, 4.69) is 0 Å². The summed E-state index contributed by atoms with van der Waals surface area (Å²) < 4.78 is 9.72. The first-order valence-corrected chi connectivity index (χ1v) is 5.90. The second-order valence-electron chi connectivity index (χ2n) is 3.01. The van der Waals surface area contributed by atoms with Crippen LogP contribution in [0.2, 0.25) is 0 Å². The molecule has 0 fully saturated rings. The molecule has 0 saturated heterocycles. The van der Waals surface area contributed by atoms with Gasteiger partial charge in [-0.05, 0) is 13.0 Å². The van der Waals surface area contributed by atoms with E-state index in [1.165, 1.54) is 0 Å². The smallest absolute Gasteiger partial charge is 0.323 e. The first-order chi connectivity index (χ1) is 7.24. The molecule has 1 aromatic rings. The van der Waals surface area contributed by atoms with Crippen LogP contribution in [0.4, 0.5) is 0 Å². The molecule has 0 spiro atoms. The Hall–Kier alpha value is -0.940. The zero-order chi connectivity index (χ0) is 11.1. The molecule has 0 radical (unpaired) electrons. The number of carbonyl (C=O) groups excluding carboxylic acids is 1. The van der Waals surface area contributed by atoms with Crippen molar-refractivity contribution in [2.24, 2.45) is 5.73 Å². The van der Waals surface area contributed by atoms with Gasteiger partial charge in [0.1, 0.15) is 6.04 Å². The van der Waals surface area contributed by atoms with Crippen molar-refractivity contribution in [3.05, 3.63) is 24.2 Å². The monoisotopic (exact) mass is 229 g/mol. The Morgan fingerprint density at radius 1 is 1.73 bits per heavy atom. The summed E-state index contributed by atoms with van der Waals surface area (Å²) in [7, 11) is 0. The summed E-state index contributed by atoms with van der Waals surface area (Å²) in [5.74, 6) is 1.02. The zero-order valence-corrected chi connectivity index (χ0v) is 9.46. The first kappa shape index (κ1) is 12.1. The number of furan rings is 1. The highest BCUT2D eigenvalue weighted by atomic mass is 32.2. The molecule has 2 N–H and O–H groups in total. The quantitative estimate of drug-likeness (QED) is 0.747. The number of hydrogen-bond acceptors (Lipinski definition) is 5. The molecular weight excluding hydrogens is 214 g/mol. The molecule has 0 aromatic carbocycles. The highest BCUT2D eigenvalue weighted by Crippen LogP contribution is 2.13. The largest absolute Gasteiger partial charge is 0.472 e. The van der Waals surface area contributed by atoms with Crippen LogP contribution in [-0.2, 0) is 15.3 Å². The van der Waals surface area contributed by atoms with Crippen molar-refractivity contribution >= 4 is 17.7 Å². The van der Waals surface area contributed by atoms with Gasteiger partial charge in [-0.15, -0.1) is 0 Å². The SMILES string of the molecule is CCOC(=O)C(N)CSCc1ccoc1. The highest BCUT2D eigenvalue weighted by molar-refractivity contribution is 7.98. The second kappa shape index (κ2) is 6.53. The molecule has 0 aliphatic heterocycles. The minimum absolute atomic E-state index is 0.336. The summed E-state index contributed by atoms with van der Waals surface area (Å²) in [5.41, 5.74) is 6.72. The molecule has 4 nitrogen and oxygen atoms in total. The number of ether oxygens (including phenoxy) is 1. The van der Waals surface area contributed by atoms with Crippen LogP contribution in [0.3, 0.4) is 0 Å². The molecule has 1 aromatic heterocycles. The van der Waals surface area contributed by atoms with Crippen LogP contribution < -0.4 is 5.73 Å². The van der Waals surface area contributed by atoms with Crippen LogP contribution >= 0.6 is 11.8 Å². The van der Waals surface area contributed by atoms with E-state index in [0.29, 0.717) is 12.4 Å². The van der Waals surface area contributed by atoms with Crippen LogP contribution in [-0.4, -0.2) is 24.4 Å². The Morgan fingerprint density at radius 2 is 2.53 bits per heavy atom. The topological polar surface area (TPSA) is 65.5 Å². The Kier molecular flexibility index (Phi) is 5.28. The summed E-state index contributed by atoms with van der Waals surface area (Å²) in [6.07, 6.45) is 3.31. The van der Waals surface area contributed by atoms with Crippen molar-refractivity contribution in [2.45, 2.75) is 18.7 Å². The molecule has 0 saturated carbocycles. The maximum atomic E-state index is 11.2. The fraction of sp³-hybridized carbons (Fsp3) is 0.500. The van der Waals surface area contributed by atoms with Crippen LogP contribution in [0, 0.1) is 0 Å². The normalized spacial score (nSPS) is 12.4. The number of esters is 1. The molecule has 1 atom stereocenters. The van der Waals surface area contributed by atoms with E-state index in [0.717, 1.165) is 11.3 Å². The number of thioether (sulfide) groups is 1. The van der Waals surface area contributed by atoms with Crippen molar-refractivity contribution in [3.8, 4) is 0 Å². The number of rotatable bonds is 6. The second-order valence-corrected chi connectivity index (χ2v) is 4.04. The average molecular weight is 229 g/mol. The summed E-state index contributed by atoms with van der Waals surface area (Å²) in [6, 6.07) is 1.35. The summed E-state index contributed by atoms with van der Waals surface area (Å²) in [6.45, 7) is 2.14. The van der Waals surface area contributed by atoms with Crippen molar-refractivity contribution in [3.63, 3.8) is 0 Å². The van der Waals surface area contributed by atoms with Crippen LogP contribution in [0.25, 0.3) is 0 Å². The third-order valence-corrected chi connectivity index (χ3v) is 2.87. The molecule has 5 heteroatoms. The fourth-order valence-corrected chi connectivity index (χ4v) is 1.90. The lowest BCUT2D eigenvalue weighted by atomic mass is 10.4. The molecule has 1 rings (SSSR count). The fourth-order valence-electron chi connectivity index (χ4n) is 0.996. The molecule has 0 aliphatic carbocycles. The lowest BCUT2D eigenvalue weighted by molar-refractivity contribution is -0.144. The third-order valence-electron chi connectivity index (χ3n) is 1.74. The van der Waals surface area contributed by atoms with Gasteiger partial charge in [0.25, 0.3) is 0 Å². The van der Waals surface area contributed by atoms with Crippen LogP contribution in [0.5, 0.6) is 0 Å². The van der Waals surface area contributed by atoms with Gasteiger partial charge in [-0.1, -0.05) is 0 Å². The lowest BCUT2D eigenvalue weighted by Gasteiger charge is -2.09. The van der Waals surface area contributed by atoms with Gasteiger partial charge in [-0.25, -0.2) is 0 Å². The van der Waals surface area contributed by atoms with Gasteiger partial charge in [-0.3, -0.25) is 4.79 Å². The average Bonchev–Trinajstić information content (AvgIpc) is 2.71. The van der Waals surface area contributed by atoms with E-state index >= 15 is 0 Å². The number of carbonyl (C=O) groups is 1. The maximum Gasteiger partial charge on any atom is 0.323 e. The Labute approximate surface area is 93.2 Å². The van der Waals surface area contributed by atoms with Crippen molar-refractivity contribution in [1.29, 1.82) is 0 Å². The lowest BCUT2D eigenvalue weighted by Crippen LogP contribution is -2.34. The van der Waals surface area contributed by atoms with E-state index in [1.807, 2.05) is 6.07 Å². The van der Waals surface area contributed by atoms with Crippen molar-refractivity contribution in [2.75, 3.05) is 12.4 Å². The predicted molar refractivity (Wildman–Crippen MR) is 59.5 cm³/mol. The van der Waals surface area contributed by atoms with Crippen LogP contribution in [0.1, 0.15) is 12.5 Å². The Bertz CT molecular complexity index is 287. The molecule has 1 heterocycles. The predicted octanol–water partition coefficient (Wildman–Crippen LogP) is 1.40. The Balaban J connectivity index is 2.17. The van der Waals surface area contributed by atoms with E-state index in [-0.39, 0.29) is 5.97 Å². The first-order valence-electron chi connectivity index (χ1n) is 4.75. The van der Waals surface area contributed by atoms with Gasteiger partial charge in [0, 0.05) is 17.1 Å². The highest BCUT2D eigenvalue weighted by Gasteiger charge is 2.13. The van der Waals surface area contributed by atoms with Gasteiger partial charge in [0.15, 0.2) is 0 Å². The summed E-state index contributed by atoms with van der Waals surface area (Å²) >= 11 is 1.59. The number of nitrogens with two attached hydrogens (primary N) is 1. The van der Waals surface area contributed by atoms with Gasteiger partial charge in [0.05, 0.1) is 19.1 Å². The van der Waals surface area contributed by atoms with Crippen LogP contribution in [0.15, 0.2) is 23.0 Å². The molecule has 1 unspecified atom stereocenters. The van der Waals surface area contributed by atoms with E-state index in [9.17, 15) is 4.79 Å². The molecular formula is C10H15NO3S. The van der Waals surface area contributed by atoms with E-state index in [4.69, 9.17) is 14.9 Å². The van der Waals surface area contributed by atoms with Gasteiger partial charge < -0.3 is 14.9 Å².